The highest BCUT2D eigenvalue weighted by Crippen LogP contribution is 2.45. The van der Waals surface area contributed by atoms with Gasteiger partial charge in [-0.1, -0.05) is 30.3 Å². The summed E-state index contributed by atoms with van der Waals surface area (Å²) >= 11 is 3.35. The van der Waals surface area contributed by atoms with Crippen molar-refractivity contribution in [2.45, 2.75) is 12.8 Å². The van der Waals surface area contributed by atoms with Crippen LogP contribution >= 0.6 is 15.9 Å². The molecule has 0 spiro atoms. The predicted molar refractivity (Wildman–Crippen MR) is 125 cm³/mol. The third-order valence-corrected chi connectivity index (χ3v) is 5.94. The van der Waals surface area contributed by atoms with Gasteiger partial charge in [0.2, 0.25) is 0 Å². The summed E-state index contributed by atoms with van der Waals surface area (Å²) < 4.78 is 10.3. The fourth-order valence-electron chi connectivity index (χ4n) is 3.89. The van der Waals surface area contributed by atoms with Gasteiger partial charge in [-0.3, -0.25) is 4.90 Å². The number of halogens is 1. The molecule has 1 atom stereocenters. The molecule has 0 saturated heterocycles. The number of carbonyl (C=O) groups excluding carboxylic acids is 2. The number of ether oxygens (including phenoxy) is 2. The second kappa shape index (κ2) is 9.80. The van der Waals surface area contributed by atoms with Crippen LogP contribution in [0.4, 0.5) is 5.69 Å². The summed E-state index contributed by atoms with van der Waals surface area (Å²) in [6.07, 6.45) is 0. The minimum atomic E-state index is -1.15. The number of hydrogen-bond donors (Lipinski definition) is 2. The van der Waals surface area contributed by atoms with E-state index in [1.54, 1.807) is 37.3 Å². The first-order valence-electron chi connectivity index (χ1n) is 9.86. The number of carboxylic acid groups (broad SMARTS) is 1. The lowest BCUT2D eigenvalue weighted by Gasteiger charge is -2.37. The van der Waals surface area contributed by atoms with E-state index in [0.29, 0.717) is 11.1 Å². The van der Waals surface area contributed by atoms with Crippen molar-refractivity contribution in [1.29, 1.82) is 5.26 Å². The number of aromatic carboxylic acids is 1. The molecule has 0 aliphatic carbocycles. The van der Waals surface area contributed by atoms with Crippen LogP contribution in [0, 0.1) is 18.3 Å². The molecule has 9 nitrogen and oxygen atoms in total. The molecule has 3 N–H and O–H groups in total. The Hall–Kier alpha value is -4.10. The summed E-state index contributed by atoms with van der Waals surface area (Å²) in [5, 5.41) is 19.5. The van der Waals surface area contributed by atoms with Crippen molar-refractivity contribution in [1.82, 2.24) is 0 Å². The van der Waals surface area contributed by atoms with E-state index in [-0.39, 0.29) is 38.4 Å². The minimum absolute atomic E-state index is 0.00727. The smallest absolute Gasteiger partial charge is 0.355 e. The van der Waals surface area contributed by atoms with Crippen molar-refractivity contribution in [3.8, 4) is 6.07 Å². The van der Waals surface area contributed by atoms with Crippen molar-refractivity contribution < 1.29 is 29.0 Å². The van der Waals surface area contributed by atoms with Crippen LogP contribution in [0.3, 0.4) is 0 Å². The quantitative estimate of drug-likeness (QED) is 0.561. The van der Waals surface area contributed by atoms with E-state index in [9.17, 15) is 24.8 Å². The minimum Gasteiger partial charge on any atom is -0.478 e. The van der Waals surface area contributed by atoms with Gasteiger partial charge >= 0.3 is 17.9 Å². The maximum absolute atomic E-state index is 13.1. The van der Waals surface area contributed by atoms with Crippen LogP contribution < -0.4 is 10.6 Å². The number of allylic oxidation sites excluding steroid dienone is 1. The van der Waals surface area contributed by atoms with Gasteiger partial charge in [-0.2, -0.15) is 5.26 Å². The molecular formula is C24H20BrN3O6. The van der Waals surface area contributed by atoms with Gasteiger partial charge in [0.25, 0.3) is 0 Å². The van der Waals surface area contributed by atoms with E-state index in [4.69, 9.17) is 15.2 Å². The number of nitrogens with zero attached hydrogens (tertiary/aromatic N) is 2. The van der Waals surface area contributed by atoms with Crippen LogP contribution in [0.2, 0.25) is 0 Å². The SMILES string of the molecule is COC(=O)C1=C(C(=O)OC)N(c2c(C)cc(C(=O)O)cc2Br)C(N)=C(C#N)C1c1ccccc1. The van der Waals surface area contributed by atoms with E-state index in [1.807, 2.05) is 0 Å². The second-order valence-electron chi connectivity index (χ2n) is 7.26. The molecule has 0 fully saturated rings. The Labute approximate surface area is 203 Å². The van der Waals surface area contributed by atoms with Crippen molar-refractivity contribution in [3.05, 3.63) is 86.3 Å². The van der Waals surface area contributed by atoms with Gasteiger partial charge in [-0.25, -0.2) is 14.4 Å². The molecular weight excluding hydrogens is 506 g/mol. The van der Waals surface area contributed by atoms with Gasteiger partial charge in [0.05, 0.1) is 48.6 Å². The average molecular weight is 526 g/mol. The van der Waals surface area contributed by atoms with E-state index in [2.05, 4.69) is 22.0 Å². The van der Waals surface area contributed by atoms with Crippen LogP contribution in [-0.4, -0.2) is 37.2 Å². The molecule has 34 heavy (non-hydrogen) atoms. The summed E-state index contributed by atoms with van der Waals surface area (Å²) in [6.45, 7) is 1.61. The summed E-state index contributed by atoms with van der Waals surface area (Å²) in [5.41, 5.74) is 7.31. The molecule has 0 amide bonds. The van der Waals surface area contributed by atoms with Crippen molar-refractivity contribution >= 4 is 39.5 Å². The number of carboxylic acids is 1. The lowest BCUT2D eigenvalue weighted by Crippen LogP contribution is -2.41. The lowest BCUT2D eigenvalue weighted by molar-refractivity contribution is -0.139. The fourth-order valence-corrected chi connectivity index (χ4v) is 4.63. The van der Waals surface area contributed by atoms with Gasteiger partial charge in [-0.05, 0) is 46.1 Å². The topological polar surface area (TPSA) is 143 Å². The van der Waals surface area contributed by atoms with E-state index >= 15 is 0 Å². The van der Waals surface area contributed by atoms with E-state index < -0.39 is 23.8 Å². The number of hydrogen-bond acceptors (Lipinski definition) is 8. The number of methoxy groups -OCH3 is 2. The highest BCUT2D eigenvalue weighted by Gasteiger charge is 2.43. The zero-order valence-corrected chi connectivity index (χ0v) is 20.0. The summed E-state index contributed by atoms with van der Waals surface area (Å²) in [5.74, 6) is -4.01. The standard InChI is InChI=1S/C24H20BrN3O6/c1-12-9-14(22(29)30)10-16(25)19(12)28-20(24(32)34-3)18(23(31)33-2)17(15(11-26)21(28)27)13-7-5-4-6-8-13/h4-10,17H,27H2,1-3H3,(H,29,30). The molecule has 0 radical (unpaired) electrons. The molecule has 2 aromatic carbocycles. The van der Waals surface area contributed by atoms with Crippen molar-refractivity contribution in [2.75, 3.05) is 19.1 Å². The van der Waals surface area contributed by atoms with E-state index in [0.717, 1.165) is 14.2 Å². The molecule has 1 aliphatic rings. The van der Waals surface area contributed by atoms with Gasteiger partial charge in [0.1, 0.15) is 11.5 Å². The first-order valence-corrected chi connectivity index (χ1v) is 10.7. The summed E-state index contributed by atoms with van der Waals surface area (Å²) in [6, 6.07) is 13.4. The highest BCUT2D eigenvalue weighted by atomic mass is 79.9. The first-order chi connectivity index (χ1) is 16.2. The lowest BCUT2D eigenvalue weighted by atomic mass is 9.80. The number of nitriles is 1. The van der Waals surface area contributed by atoms with Crippen LogP contribution in [0.15, 0.2) is 69.6 Å². The zero-order chi connectivity index (χ0) is 25.2. The number of aryl methyl sites for hydroxylation is 1. The van der Waals surface area contributed by atoms with Crippen LogP contribution in [0.1, 0.15) is 27.4 Å². The summed E-state index contributed by atoms with van der Waals surface area (Å²) in [7, 11) is 2.31. The number of rotatable bonds is 5. The molecule has 1 heterocycles. The zero-order valence-electron chi connectivity index (χ0n) is 18.5. The van der Waals surface area contributed by atoms with Gasteiger partial charge < -0.3 is 20.3 Å². The number of carbonyl (C=O) groups is 3. The normalized spacial score (nSPS) is 15.6. The van der Waals surface area contributed by atoms with Crippen molar-refractivity contribution in [3.63, 3.8) is 0 Å². The number of nitrogens with two attached hydrogens (primary N) is 1. The predicted octanol–water partition coefficient (Wildman–Crippen LogP) is 3.35. The highest BCUT2D eigenvalue weighted by molar-refractivity contribution is 9.10. The third-order valence-electron chi connectivity index (χ3n) is 5.33. The monoisotopic (exact) mass is 525 g/mol. The Morgan fingerprint density at radius 1 is 1.12 bits per heavy atom. The maximum atomic E-state index is 13.1. The molecule has 0 aromatic heterocycles. The molecule has 3 rings (SSSR count). The Bertz CT molecular complexity index is 1270. The van der Waals surface area contributed by atoms with Crippen molar-refractivity contribution in [2.24, 2.45) is 5.73 Å². The van der Waals surface area contributed by atoms with Gasteiger partial charge in [-0.15, -0.1) is 0 Å². The van der Waals surface area contributed by atoms with Crippen LogP contribution in [0.25, 0.3) is 0 Å². The Balaban J connectivity index is 2.47. The second-order valence-corrected chi connectivity index (χ2v) is 8.12. The van der Waals surface area contributed by atoms with E-state index in [1.165, 1.54) is 17.0 Å². The largest absolute Gasteiger partial charge is 0.478 e. The molecule has 174 valence electrons. The molecule has 1 aliphatic heterocycles. The Morgan fingerprint density at radius 3 is 2.24 bits per heavy atom. The molecule has 1 unspecified atom stereocenters. The first kappa shape index (κ1) is 24.5. The Morgan fingerprint density at radius 2 is 1.74 bits per heavy atom. The van der Waals surface area contributed by atoms with Crippen LogP contribution in [0.5, 0.6) is 0 Å². The molecule has 0 bridgehead atoms. The fraction of sp³-hybridized carbons (Fsp3) is 0.167. The molecule has 0 saturated carbocycles. The average Bonchev–Trinajstić information content (AvgIpc) is 2.83. The number of anilines is 1. The van der Waals surface area contributed by atoms with Gasteiger partial charge in [0.15, 0.2) is 0 Å². The summed E-state index contributed by atoms with van der Waals surface area (Å²) in [4.78, 5) is 38.9. The Kier molecular flexibility index (Phi) is 7.08. The van der Waals surface area contributed by atoms with Gasteiger partial charge in [0, 0.05) is 4.47 Å². The molecule has 10 heteroatoms. The maximum Gasteiger partial charge on any atom is 0.355 e. The third kappa shape index (κ3) is 4.13. The molecule has 2 aromatic rings. The van der Waals surface area contributed by atoms with Crippen LogP contribution in [-0.2, 0) is 19.1 Å². The number of esters is 2. The number of benzene rings is 2.